The summed E-state index contributed by atoms with van der Waals surface area (Å²) < 4.78 is 5.10. The van der Waals surface area contributed by atoms with Crippen LogP contribution in [0.3, 0.4) is 0 Å². The lowest BCUT2D eigenvalue weighted by molar-refractivity contribution is -0.135. The minimum absolute atomic E-state index is 0.105. The van der Waals surface area contributed by atoms with Gasteiger partial charge in [0.05, 0.1) is 12.6 Å². The Balaban J connectivity index is 2.53. The first-order chi connectivity index (χ1) is 8.70. The predicted molar refractivity (Wildman–Crippen MR) is 76.8 cm³/mol. The van der Waals surface area contributed by atoms with Gasteiger partial charge in [0.15, 0.2) is 0 Å². The molecule has 0 aromatic carbocycles. The molecule has 0 aromatic heterocycles. The molecule has 0 spiro atoms. The fourth-order valence-electron chi connectivity index (χ4n) is 2.19. The molecule has 5 heteroatoms. The number of hydrogen-bond acceptors (Lipinski definition) is 4. The molecule has 1 unspecified atom stereocenters. The number of thioether (sulfide) groups is 1. The van der Waals surface area contributed by atoms with E-state index in [9.17, 15) is 4.79 Å². The summed E-state index contributed by atoms with van der Waals surface area (Å²) in [6.07, 6.45) is 3.97. The fourth-order valence-corrected chi connectivity index (χ4v) is 3.41. The molecule has 0 aliphatic carbocycles. The molecule has 18 heavy (non-hydrogen) atoms. The predicted octanol–water partition coefficient (Wildman–Crippen LogP) is 1.48. The number of nitrogens with zero attached hydrogens (tertiary/aromatic N) is 1. The van der Waals surface area contributed by atoms with Crippen LogP contribution in [-0.2, 0) is 9.53 Å². The highest BCUT2D eigenvalue weighted by Gasteiger charge is 2.29. The van der Waals surface area contributed by atoms with Gasteiger partial charge < -0.3 is 15.4 Å². The number of nitrogens with two attached hydrogens (primary N) is 1. The SMILES string of the molecule is CCCC[C@H](N)C(=O)N(CCOC)C1CCSC1. The van der Waals surface area contributed by atoms with E-state index >= 15 is 0 Å². The highest BCUT2D eigenvalue weighted by Crippen LogP contribution is 2.23. The molecule has 1 fully saturated rings. The van der Waals surface area contributed by atoms with Crippen LogP contribution < -0.4 is 5.73 Å². The van der Waals surface area contributed by atoms with Gasteiger partial charge in [-0.05, 0) is 18.6 Å². The molecule has 106 valence electrons. The molecule has 1 aliphatic heterocycles. The van der Waals surface area contributed by atoms with Gasteiger partial charge in [0.1, 0.15) is 0 Å². The first-order valence-electron chi connectivity index (χ1n) is 6.83. The average Bonchev–Trinajstić information content (AvgIpc) is 2.90. The summed E-state index contributed by atoms with van der Waals surface area (Å²) in [5.74, 6) is 2.29. The van der Waals surface area contributed by atoms with E-state index in [0.29, 0.717) is 19.2 Å². The largest absolute Gasteiger partial charge is 0.383 e. The van der Waals surface area contributed by atoms with Gasteiger partial charge in [0.25, 0.3) is 0 Å². The van der Waals surface area contributed by atoms with E-state index in [2.05, 4.69) is 6.92 Å². The van der Waals surface area contributed by atoms with Crippen molar-refractivity contribution in [1.29, 1.82) is 0 Å². The molecule has 0 saturated carbocycles. The van der Waals surface area contributed by atoms with Crippen molar-refractivity contribution in [2.45, 2.75) is 44.7 Å². The van der Waals surface area contributed by atoms with E-state index in [-0.39, 0.29) is 11.9 Å². The van der Waals surface area contributed by atoms with Gasteiger partial charge in [-0.25, -0.2) is 0 Å². The third kappa shape index (κ3) is 4.78. The third-order valence-corrected chi connectivity index (χ3v) is 4.50. The zero-order chi connectivity index (χ0) is 13.4. The minimum atomic E-state index is -0.340. The van der Waals surface area contributed by atoms with Gasteiger partial charge >= 0.3 is 0 Å². The molecule has 4 nitrogen and oxygen atoms in total. The number of amides is 1. The van der Waals surface area contributed by atoms with Gasteiger partial charge in [-0.15, -0.1) is 0 Å². The van der Waals surface area contributed by atoms with Crippen LogP contribution in [0.25, 0.3) is 0 Å². The van der Waals surface area contributed by atoms with Crippen LogP contribution in [0.15, 0.2) is 0 Å². The molecule has 0 aromatic rings. The van der Waals surface area contributed by atoms with E-state index in [1.807, 2.05) is 16.7 Å². The Bertz CT molecular complexity index is 245. The monoisotopic (exact) mass is 274 g/mol. The second-order valence-electron chi connectivity index (χ2n) is 4.79. The van der Waals surface area contributed by atoms with E-state index in [1.54, 1.807) is 7.11 Å². The number of methoxy groups -OCH3 is 1. The molecule has 0 radical (unpaired) electrons. The van der Waals surface area contributed by atoms with E-state index in [1.165, 1.54) is 0 Å². The Morgan fingerprint density at radius 2 is 2.39 bits per heavy atom. The van der Waals surface area contributed by atoms with Crippen molar-refractivity contribution in [3.63, 3.8) is 0 Å². The first kappa shape index (κ1) is 15.8. The molecular formula is C13H26N2O2S. The Kier molecular flexibility index (Phi) is 7.70. The molecule has 1 saturated heterocycles. The van der Waals surface area contributed by atoms with Crippen LogP contribution in [0.5, 0.6) is 0 Å². The third-order valence-electron chi connectivity index (χ3n) is 3.35. The molecule has 1 aliphatic rings. The van der Waals surface area contributed by atoms with Crippen LogP contribution in [0.2, 0.25) is 0 Å². The Morgan fingerprint density at radius 1 is 1.61 bits per heavy atom. The lowest BCUT2D eigenvalue weighted by Gasteiger charge is -2.30. The summed E-state index contributed by atoms with van der Waals surface area (Å²) in [6.45, 7) is 3.38. The van der Waals surface area contributed by atoms with E-state index < -0.39 is 0 Å². The molecule has 2 N–H and O–H groups in total. The summed E-state index contributed by atoms with van der Waals surface area (Å²) >= 11 is 1.92. The van der Waals surface area contributed by atoms with Crippen LogP contribution >= 0.6 is 11.8 Å². The fraction of sp³-hybridized carbons (Fsp3) is 0.923. The summed E-state index contributed by atoms with van der Waals surface area (Å²) in [6, 6.07) is 0.0118. The van der Waals surface area contributed by atoms with Gasteiger partial charge in [0.2, 0.25) is 5.91 Å². The second-order valence-corrected chi connectivity index (χ2v) is 5.94. The summed E-state index contributed by atoms with van der Waals surface area (Å²) in [4.78, 5) is 14.3. The zero-order valence-corrected chi connectivity index (χ0v) is 12.4. The number of carbonyl (C=O) groups excluding carboxylic acids is 1. The van der Waals surface area contributed by atoms with Crippen molar-refractivity contribution in [1.82, 2.24) is 4.90 Å². The highest BCUT2D eigenvalue weighted by atomic mass is 32.2. The highest BCUT2D eigenvalue weighted by molar-refractivity contribution is 7.99. The smallest absolute Gasteiger partial charge is 0.239 e. The number of unbranched alkanes of at least 4 members (excludes halogenated alkanes) is 1. The maximum atomic E-state index is 12.4. The minimum Gasteiger partial charge on any atom is -0.383 e. The van der Waals surface area contributed by atoms with Crippen LogP contribution in [0, 0.1) is 0 Å². The van der Waals surface area contributed by atoms with Crippen LogP contribution in [-0.4, -0.2) is 54.7 Å². The quantitative estimate of drug-likeness (QED) is 0.728. The van der Waals surface area contributed by atoms with Crippen LogP contribution in [0.1, 0.15) is 32.6 Å². The van der Waals surface area contributed by atoms with Crippen molar-refractivity contribution < 1.29 is 9.53 Å². The molecular weight excluding hydrogens is 248 g/mol. The molecule has 1 rings (SSSR count). The Morgan fingerprint density at radius 3 is 2.94 bits per heavy atom. The summed E-state index contributed by atoms with van der Waals surface area (Å²) in [5.41, 5.74) is 6.00. The normalized spacial score (nSPS) is 20.9. The zero-order valence-electron chi connectivity index (χ0n) is 11.6. The topological polar surface area (TPSA) is 55.6 Å². The average molecular weight is 274 g/mol. The maximum absolute atomic E-state index is 12.4. The van der Waals surface area contributed by atoms with Gasteiger partial charge in [-0.3, -0.25) is 4.79 Å². The van der Waals surface area contributed by atoms with Crippen molar-refractivity contribution >= 4 is 17.7 Å². The molecule has 0 bridgehead atoms. The molecule has 1 amide bonds. The Hall–Kier alpha value is -0.260. The summed E-state index contributed by atoms with van der Waals surface area (Å²) in [5, 5.41) is 0. The number of carbonyl (C=O) groups is 1. The second kappa shape index (κ2) is 8.77. The standard InChI is InChI=1S/C13H26N2O2S/c1-3-4-5-12(14)13(16)15(7-8-17-2)11-6-9-18-10-11/h11-12H,3-10,14H2,1-2H3/t11?,12-/m0/s1. The van der Waals surface area contributed by atoms with Crippen molar-refractivity contribution in [2.75, 3.05) is 31.8 Å². The maximum Gasteiger partial charge on any atom is 0.239 e. The Labute approximate surface area is 115 Å². The number of ether oxygens (including phenoxy) is 1. The van der Waals surface area contributed by atoms with E-state index in [0.717, 1.165) is 37.2 Å². The lowest BCUT2D eigenvalue weighted by atomic mass is 10.1. The molecule has 2 atom stereocenters. The van der Waals surface area contributed by atoms with Gasteiger partial charge in [-0.2, -0.15) is 11.8 Å². The van der Waals surface area contributed by atoms with Crippen LogP contribution in [0.4, 0.5) is 0 Å². The summed E-state index contributed by atoms with van der Waals surface area (Å²) in [7, 11) is 1.67. The van der Waals surface area contributed by atoms with Gasteiger partial charge in [0, 0.05) is 25.4 Å². The van der Waals surface area contributed by atoms with E-state index in [4.69, 9.17) is 10.5 Å². The first-order valence-corrected chi connectivity index (χ1v) is 7.98. The van der Waals surface area contributed by atoms with Gasteiger partial charge in [-0.1, -0.05) is 19.8 Å². The molecule has 1 heterocycles. The number of rotatable bonds is 8. The lowest BCUT2D eigenvalue weighted by Crippen LogP contribution is -2.50. The van der Waals surface area contributed by atoms with Crippen molar-refractivity contribution in [2.24, 2.45) is 5.73 Å². The van der Waals surface area contributed by atoms with Crippen molar-refractivity contribution in [3.05, 3.63) is 0 Å². The van der Waals surface area contributed by atoms with Crippen molar-refractivity contribution in [3.8, 4) is 0 Å². The number of hydrogen-bond donors (Lipinski definition) is 1.